The molecular formula is C66H46N4. The second-order valence-corrected chi connectivity index (χ2v) is 19.1. The van der Waals surface area contributed by atoms with Crippen LogP contribution in [0.4, 0.5) is 0 Å². The monoisotopic (exact) mass is 894 g/mol. The van der Waals surface area contributed by atoms with Gasteiger partial charge < -0.3 is 9.13 Å². The van der Waals surface area contributed by atoms with Gasteiger partial charge in [-0.3, -0.25) is 0 Å². The van der Waals surface area contributed by atoms with Crippen molar-refractivity contribution in [3.63, 3.8) is 0 Å². The maximum absolute atomic E-state index is 4.88. The number of imidazole rings is 2. The molecule has 0 unspecified atom stereocenters. The van der Waals surface area contributed by atoms with E-state index < -0.39 is 0 Å². The molecule has 4 heteroatoms. The predicted octanol–water partition coefficient (Wildman–Crippen LogP) is 17.3. The van der Waals surface area contributed by atoms with Crippen LogP contribution in [0.1, 0.15) is 11.6 Å². The van der Waals surface area contributed by atoms with Gasteiger partial charge in [0.15, 0.2) is 0 Å². The normalized spacial score (nSPS) is 12.0. The molecule has 0 N–H and O–H groups in total. The fourth-order valence-corrected chi connectivity index (χ4v) is 11.5. The Labute approximate surface area is 405 Å². The van der Waals surface area contributed by atoms with E-state index in [1.807, 2.05) is 0 Å². The Hall–Kier alpha value is -8.86. The maximum atomic E-state index is 4.88. The Morgan fingerprint density at radius 1 is 0.286 bits per heavy atom. The van der Waals surface area contributed by atoms with E-state index in [0.29, 0.717) is 0 Å². The molecule has 4 nitrogen and oxygen atoms in total. The first kappa shape index (κ1) is 40.2. The molecule has 2 heterocycles. The third-order valence-electron chi connectivity index (χ3n) is 15.3. The molecule has 330 valence electrons. The zero-order chi connectivity index (χ0) is 46.8. The van der Waals surface area contributed by atoms with Gasteiger partial charge in [-0.15, -0.1) is 0 Å². The molecule has 70 heavy (non-hydrogen) atoms. The molecule has 0 aliphatic heterocycles. The van der Waals surface area contributed by atoms with Crippen LogP contribution in [0.2, 0.25) is 0 Å². The average molecular weight is 895 g/mol. The molecule has 0 radical (unpaired) electrons. The Kier molecular flexibility index (Phi) is 8.81. The van der Waals surface area contributed by atoms with E-state index in [9.17, 15) is 0 Å². The first-order valence-corrected chi connectivity index (χ1v) is 24.2. The summed E-state index contributed by atoms with van der Waals surface area (Å²) in [5.74, 6) is 2.00. The van der Waals surface area contributed by atoms with Gasteiger partial charge in [0.05, 0.1) is 22.1 Å². The summed E-state index contributed by atoms with van der Waals surface area (Å²) in [7, 11) is 4.22. The molecule has 14 rings (SSSR count). The highest BCUT2D eigenvalue weighted by molar-refractivity contribution is 6.28. The van der Waals surface area contributed by atoms with Crippen molar-refractivity contribution in [2.75, 3.05) is 0 Å². The standard InChI is InChI=1S/C66H46N4/c1-39-67-61-31-29-47(35-63(61)69(39)3)51-19-11-23-55-59(51)38-60-52(48-30-32-62-64(36-48)70(4)40(2)68-62)20-12-24-56(60)66(55)65-53-21-9-17-49(45-27-25-41-13-5-7-15-43(41)33-45)57(53)37-58-50(18-10-22-54(58)65)46-28-26-42-14-6-8-16-44(42)34-46/h5-38H,1-4H3. The van der Waals surface area contributed by atoms with Gasteiger partial charge in [0.25, 0.3) is 0 Å². The minimum absolute atomic E-state index is 0.998. The SMILES string of the molecule is Cc1nc2ccc(-c3cccc4c(-c5c6cccc(-c7ccc8ccccc8c7)c6cc6c(-c7ccc8ccccc8c7)cccc56)c5cccc(-c6ccc7nc(C)n(C)c7c6)c5cc34)cc2n1C. The maximum Gasteiger partial charge on any atom is 0.106 e. The summed E-state index contributed by atoms with van der Waals surface area (Å²) in [6, 6.07) is 77.3. The third kappa shape index (κ3) is 6.09. The van der Waals surface area contributed by atoms with E-state index in [0.717, 1.165) is 44.8 Å². The van der Waals surface area contributed by atoms with Crippen LogP contribution in [-0.4, -0.2) is 19.1 Å². The molecule has 0 aliphatic rings. The first-order valence-electron chi connectivity index (χ1n) is 24.2. The van der Waals surface area contributed by atoms with E-state index in [1.54, 1.807) is 0 Å². The highest BCUT2D eigenvalue weighted by Crippen LogP contribution is 2.50. The van der Waals surface area contributed by atoms with Crippen molar-refractivity contribution in [3.8, 4) is 55.6 Å². The summed E-state index contributed by atoms with van der Waals surface area (Å²) < 4.78 is 4.39. The molecule has 0 atom stereocenters. The minimum atomic E-state index is 0.998. The molecule has 0 saturated heterocycles. The highest BCUT2D eigenvalue weighted by atomic mass is 15.1. The zero-order valence-electron chi connectivity index (χ0n) is 39.4. The van der Waals surface area contributed by atoms with Crippen molar-refractivity contribution in [3.05, 3.63) is 218 Å². The number of rotatable bonds is 5. The Bertz CT molecular complexity index is 4250. The lowest BCUT2D eigenvalue weighted by Crippen LogP contribution is -1.95. The van der Waals surface area contributed by atoms with Crippen molar-refractivity contribution in [2.45, 2.75) is 13.8 Å². The first-order chi connectivity index (χ1) is 34.3. The van der Waals surface area contributed by atoms with Gasteiger partial charge in [-0.1, -0.05) is 158 Å². The lowest BCUT2D eigenvalue weighted by molar-refractivity contribution is 0.886. The topological polar surface area (TPSA) is 35.6 Å². The zero-order valence-corrected chi connectivity index (χ0v) is 39.4. The summed E-state index contributed by atoms with van der Waals surface area (Å²) in [4.78, 5) is 9.76. The van der Waals surface area contributed by atoms with E-state index in [2.05, 4.69) is 243 Å². The van der Waals surface area contributed by atoms with Crippen LogP contribution < -0.4 is 0 Å². The lowest BCUT2D eigenvalue weighted by Gasteiger charge is -2.22. The van der Waals surface area contributed by atoms with Crippen molar-refractivity contribution in [1.82, 2.24) is 19.1 Å². The molecule has 0 amide bonds. The number of hydrogen-bond donors (Lipinski definition) is 0. The largest absolute Gasteiger partial charge is 0.331 e. The van der Waals surface area contributed by atoms with Crippen LogP contribution in [0.15, 0.2) is 206 Å². The van der Waals surface area contributed by atoms with Gasteiger partial charge in [0.2, 0.25) is 0 Å². The molecular weight excluding hydrogens is 849 g/mol. The summed E-state index contributed by atoms with van der Waals surface area (Å²) >= 11 is 0. The number of nitrogens with zero attached hydrogens (tertiary/aromatic N) is 4. The smallest absolute Gasteiger partial charge is 0.106 e. The van der Waals surface area contributed by atoms with Gasteiger partial charge in [-0.05, 0) is 183 Å². The summed E-state index contributed by atoms with van der Waals surface area (Å²) in [5, 5.41) is 14.6. The molecule has 12 aromatic carbocycles. The van der Waals surface area contributed by atoms with Gasteiger partial charge >= 0.3 is 0 Å². The highest BCUT2D eigenvalue weighted by Gasteiger charge is 2.23. The predicted molar refractivity (Wildman–Crippen MR) is 297 cm³/mol. The van der Waals surface area contributed by atoms with Crippen molar-refractivity contribution in [2.24, 2.45) is 14.1 Å². The Morgan fingerprint density at radius 2 is 0.614 bits per heavy atom. The van der Waals surface area contributed by atoms with E-state index in [-0.39, 0.29) is 0 Å². The fourth-order valence-electron chi connectivity index (χ4n) is 11.5. The second kappa shape index (κ2) is 15.3. The lowest BCUT2D eigenvalue weighted by atomic mass is 9.81. The summed E-state index contributed by atoms with van der Waals surface area (Å²) in [6.07, 6.45) is 0. The number of aryl methyl sites for hydroxylation is 4. The fraction of sp³-hybridized carbons (Fsp3) is 0.0606. The number of aromatic nitrogens is 4. The van der Waals surface area contributed by atoms with E-state index in [1.165, 1.54) is 109 Å². The molecule has 0 saturated carbocycles. The van der Waals surface area contributed by atoms with E-state index >= 15 is 0 Å². The Balaban J connectivity index is 1.15. The van der Waals surface area contributed by atoms with Crippen LogP contribution in [-0.2, 0) is 14.1 Å². The number of hydrogen-bond acceptors (Lipinski definition) is 2. The summed E-state index contributed by atoms with van der Waals surface area (Å²) in [5.41, 5.74) is 16.2. The molecule has 0 bridgehead atoms. The number of fused-ring (bicyclic) bond motifs is 8. The van der Waals surface area contributed by atoms with E-state index in [4.69, 9.17) is 9.97 Å². The van der Waals surface area contributed by atoms with Crippen LogP contribution in [0.3, 0.4) is 0 Å². The van der Waals surface area contributed by atoms with Gasteiger partial charge in [0.1, 0.15) is 11.6 Å². The molecule has 0 aliphatic carbocycles. The second-order valence-electron chi connectivity index (χ2n) is 19.1. The van der Waals surface area contributed by atoms with Crippen LogP contribution in [0, 0.1) is 13.8 Å². The Morgan fingerprint density at radius 3 is 0.986 bits per heavy atom. The average Bonchev–Trinajstić information content (AvgIpc) is 3.86. The van der Waals surface area contributed by atoms with Gasteiger partial charge in [0, 0.05) is 14.1 Å². The van der Waals surface area contributed by atoms with Crippen molar-refractivity contribution < 1.29 is 0 Å². The number of benzene rings is 12. The van der Waals surface area contributed by atoms with Crippen molar-refractivity contribution in [1.29, 1.82) is 0 Å². The molecule has 0 fully saturated rings. The molecule has 14 aromatic rings. The van der Waals surface area contributed by atoms with Gasteiger partial charge in [-0.2, -0.15) is 0 Å². The van der Waals surface area contributed by atoms with Crippen LogP contribution in [0.25, 0.3) is 142 Å². The summed E-state index contributed by atoms with van der Waals surface area (Å²) in [6.45, 7) is 4.15. The third-order valence-corrected chi connectivity index (χ3v) is 15.3. The molecule has 2 aromatic heterocycles. The van der Waals surface area contributed by atoms with Gasteiger partial charge in [-0.25, -0.2) is 9.97 Å². The minimum Gasteiger partial charge on any atom is -0.331 e. The van der Waals surface area contributed by atoms with Crippen molar-refractivity contribution >= 4 is 86.7 Å². The quantitative estimate of drug-likeness (QED) is 0.161. The molecule has 0 spiro atoms. The van der Waals surface area contributed by atoms with Crippen LogP contribution >= 0.6 is 0 Å². The van der Waals surface area contributed by atoms with Crippen LogP contribution in [0.5, 0.6) is 0 Å².